The molecule has 3 atom stereocenters. The van der Waals surface area contributed by atoms with Crippen LogP contribution >= 0.6 is 0 Å². The van der Waals surface area contributed by atoms with Gasteiger partial charge in [0, 0.05) is 24.8 Å². The monoisotopic (exact) mass is 237 g/mol. The molecule has 0 fully saturated rings. The Kier molecular flexibility index (Phi) is 5.45. The minimum Gasteiger partial charge on any atom is -0.496 e. The lowest BCUT2D eigenvalue weighted by molar-refractivity contribution is 0.0851. The van der Waals surface area contributed by atoms with E-state index in [-0.39, 0.29) is 12.1 Å². The van der Waals surface area contributed by atoms with Gasteiger partial charge in [0.25, 0.3) is 0 Å². The first kappa shape index (κ1) is 14.0. The third-order valence-electron chi connectivity index (χ3n) is 3.19. The summed E-state index contributed by atoms with van der Waals surface area (Å²) < 4.78 is 10.7. The summed E-state index contributed by atoms with van der Waals surface area (Å²) in [4.78, 5) is 0. The molecule has 0 aliphatic carbocycles. The maximum Gasteiger partial charge on any atom is 0.123 e. The molecule has 3 nitrogen and oxygen atoms in total. The minimum atomic E-state index is 0.187. The molecule has 0 radical (unpaired) electrons. The molecule has 1 aromatic carbocycles. The highest BCUT2D eigenvalue weighted by Crippen LogP contribution is 2.24. The molecule has 1 rings (SSSR count). The van der Waals surface area contributed by atoms with Crippen molar-refractivity contribution in [2.45, 2.75) is 39.0 Å². The van der Waals surface area contributed by atoms with Gasteiger partial charge in [-0.15, -0.1) is 0 Å². The Bertz CT molecular complexity index is 341. The van der Waals surface area contributed by atoms with Crippen LogP contribution in [0.25, 0.3) is 0 Å². The Morgan fingerprint density at radius 1 is 1.06 bits per heavy atom. The molecule has 0 bridgehead atoms. The molecule has 1 N–H and O–H groups in total. The highest BCUT2D eigenvalue weighted by molar-refractivity contribution is 5.35. The number of ether oxygens (including phenoxy) is 2. The fraction of sp³-hybridized carbons (Fsp3) is 0.571. The zero-order valence-corrected chi connectivity index (χ0v) is 11.4. The lowest BCUT2D eigenvalue weighted by Gasteiger charge is -2.25. The normalized spacial score (nSPS) is 16.3. The van der Waals surface area contributed by atoms with E-state index in [4.69, 9.17) is 9.47 Å². The summed E-state index contributed by atoms with van der Waals surface area (Å²) in [5, 5.41) is 3.52. The van der Waals surface area contributed by atoms with Gasteiger partial charge < -0.3 is 14.8 Å². The van der Waals surface area contributed by atoms with Gasteiger partial charge in [-0.3, -0.25) is 0 Å². The van der Waals surface area contributed by atoms with Crippen LogP contribution < -0.4 is 10.1 Å². The number of methoxy groups -OCH3 is 2. The SMILES string of the molecule is COc1ccccc1[C@@H](C)NC(C)C(C)OC. The van der Waals surface area contributed by atoms with Crippen LogP contribution in [0.3, 0.4) is 0 Å². The van der Waals surface area contributed by atoms with Crippen LogP contribution in [-0.2, 0) is 4.74 Å². The molecule has 2 unspecified atom stereocenters. The summed E-state index contributed by atoms with van der Waals surface area (Å²) in [6.07, 6.45) is 0.187. The van der Waals surface area contributed by atoms with Crippen LogP contribution in [0.5, 0.6) is 5.75 Å². The number of rotatable bonds is 6. The minimum absolute atomic E-state index is 0.187. The van der Waals surface area contributed by atoms with Crippen molar-refractivity contribution in [2.75, 3.05) is 14.2 Å². The summed E-state index contributed by atoms with van der Waals surface area (Å²) in [5.41, 5.74) is 1.17. The van der Waals surface area contributed by atoms with Gasteiger partial charge in [-0.2, -0.15) is 0 Å². The van der Waals surface area contributed by atoms with Crippen LogP contribution in [0.15, 0.2) is 24.3 Å². The van der Waals surface area contributed by atoms with E-state index in [1.54, 1.807) is 14.2 Å². The van der Waals surface area contributed by atoms with E-state index in [2.05, 4.69) is 32.2 Å². The zero-order chi connectivity index (χ0) is 12.8. The van der Waals surface area contributed by atoms with Gasteiger partial charge in [-0.1, -0.05) is 18.2 Å². The first-order valence-corrected chi connectivity index (χ1v) is 6.02. The van der Waals surface area contributed by atoms with Gasteiger partial charge in [0.2, 0.25) is 0 Å². The number of nitrogens with one attached hydrogen (secondary N) is 1. The van der Waals surface area contributed by atoms with Gasteiger partial charge in [-0.05, 0) is 26.8 Å². The Hall–Kier alpha value is -1.06. The maximum atomic E-state index is 5.36. The number of benzene rings is 1. The number of hydrogen-bond acceptors (Lipinski definition) is 3. The molecule has 3 heteroatoms. The van der Waals surface area contributed by atoms with E-state index in [0.717, 1.165) is 5.75 Å². The third kappa shape index (κ3) is 3.72. The van der Waals surface area contributed by atoms with E-state index in [1.807, 2.05) is 18.2 Å². The molecular weight excluding hydrogens is 214 g/mol. The Morgan fingerprint density at radius 2 is 1.71 bits per heavy atom. The van der Waals surface area contributed by atoms with E-state index < -0.39 is 0 Å². The number of para-hydroxylation sites is 1. The lowest BCUT2D eigenvalue weighted by Crippen LogP contribution is -2.38. The molecular formula is C14H23NO2. The van der Waals surface area contributed by atoms with E-state index in [1.165, 1.54) is 5.56 Å². The molecule has 0 saturated heterocycles. The second-order valence-corrected chi connectivity index (χ2v) is 4.36. The van der Waals surface area contributed by atoms with Gasteiger partial charge in [-0.25, -0.2) is 0 Å². The topological polar surface area (TPSA) is 30.5 Å². The van der Waals surface area contributed by atoms with Crippen molar-refractivity contribution in [3.8, 4) is 5.75 Å². The summed E-state index contributed by atoms with van der Waals surface area (Å²) in [5.74, 6) is 0.921. The number of hydrogen-bond donors (Lipinski definition) is 1. The molecule has 0 aromatic heterocycles. The maximum absolute atomic E-state index is 5.36. The summed E-state index contributed by atoms with van der Waals surface area (Å²) >= 11 is 0. The zero-order valence-electron chi connectivity index (χ0n) is 11.4. The average Bonchev–Trinajstić information content (AvgIpc) is 2.37. The molecule has 96 valence electrons. The molecule has 0 saturated carbocycles. The Labute approximate surface area is 104 Å². The smallest absolute Gasteiger partial charge is 0.123 e. The van der Waals surface area contributed by atoms with E-state index in [9.17, 15) is 0 Å². The average molecular weight is 237 g/mol. The molecule has 1 aromatic rings. The van der Waals surface area contributed by atoms with E-state index >= 15 is 0 Å². The standard InChI is InChI=1S/C14H23NO2/c1-10(12(3)16-4)15-11(2)13-8-6-7-9-14(13)17-5/h6-12,15H,1-5H3/t10?,11-,12?/m1/s1. The molecule has 0 aliphatic heterocycles. The van der Waals surface area contributed by atoms with Crippen LogP contribution in [0.2, 0.25) is 0 Å². The molecule has 0 spiro atoms. The largest absolute Gasteiger partial charge is 0.496 e. The quantitative estimate of drug-likeness (QED) is 0.825. The van der Waals surface area contributed by atoms with Crippen LogP contribution in [0.1, 0.15) is 32.4 Å². The van der Waals surface area contributed by atoms with Crippen LogP contribution in [-0.4, -0.2) is 26.4 Å². The van der Waals surface area contributed by atoms with Gasteiger partial charge >= 0.3 is 0 Å². The predicted octanol–water partition coefficient (Wildman–Crippen LogP) is 2.77. The summed E-state index contributed by atoms with van der Waals surface area (Å²) in [6.45, 7) is 6.32. The van der Waals surface area contributed by atoms with Crippen molar-refractivity contribution in [1.29, 1.82) is 0 Å². The fourth-order valence-electron chi connectivity index (χ4n) is 1.85. The second kappa shape index (κ2) is 6.62. The van der Waals surface area contributed by atoms with Crippen molar-refractivity contribution < 1.29 is 9.47 Å². The van der Waals surface area contributed by atoms with E-state index in [0.29, 0.717) is 6.04 Å². The summed E-state index contributed by atoms with van der Waals surface area (Å²) in [6, 6.07) is 8.61. The van der Waals surface area contributed by atoms with Crippen LogP contribution in [0, 0.1) is 0 Å². The first-order valence-electron chi connectivity index (χ1n) is 6.02. The highest BCUT2D eigenvalue weighted by atomic mass is 16.5. The lowest BCUT2D eigenvalue weighted by atomic mass is 10.1. The first-order chi connectivity index (χ1) is 8.10. The van der Waals surface area contributed by atoms with Crippen molar-refractivity contribution in [3.05, 3.63) is 29.8 Å². The van der Waals surface area contributed by atoms with Crippen molar-refractivity contribution in [1.82, 2.24) is 5.32 Å². The van der Waals surface area contributed by atoms with Gasteiger partial charge in [0.1, 0.15) is 5.75 Å². The molecule has 17 heavy (non-hydrogen) atoms. The van der Waals surface area contributed by atoms with Gasteiger partial charge in [0.15, 0.2) is 0 Å². The molecule has 0 aliphatic rings. The van der Waals surface area contributed by atoms with Crippen molar-refractivity contribution >= 4 is 0 Å². The Morgan fingerprint density at radius 3 is 2.29 bits per heavy atom. The van der Waals surface area contributed by atoms with Crippen molar-refractivity contribution in [2.24, 2.45) is 0 Å². The second-order valence-electron chi connectivity index (χ2n) is 4.36. The Balaban J connectivity index is 2.72. The molecule has 0 amide bonds. The van der Waals surface area contributed by atoms with Crippen molar-refractivity contribution in [3.63, 3.8) is 0 Å². The molecule has 0 heterocycles. The third-order valence-corrected chi connectivity index (χ3v) is 3.19. The highest BCUT2D eigenvalue weighted by Gasteiger charge is 2.16. The summed E-state index contributed by atoms with van der Waals surface area (Å²) in [7, 11) is 3.43. The predicted molar refractivity (Wildman–Crippen MR) is 70.5 cm³/mol. The van der Waals surface area contributed by atoms with Crippen LogP contribution in [0.4, 0.5) is 0 Å². The fourth-order valence-corrected chi connectivity index (χ4v) is 1.85. The van der Waals surface area contributed by atoms with Gasteiger partial charge in [0.05, 0.1) is 13.2 Å².